The number of ether oxygens (including phenoxy) is 1. The summed E-state index contributed by atoms with van der Waals surface area (Å²) in [7, 11) is 4.96. The average molecular weight is 141 g/mol. The van der Waals surface area contributed by atoms with Gasteiger partial charge in [-0.1, -0.05) is 0 Å². The molecule has 5 heteroatoms. The van der Waals surface area contributed by atoms with Crippen molar-refractivity contribution in [3.8, 4) is 0 Å². The zero-order valence-corrected chi connectivity index (χ0v) is 5.72. The molecule has 1 N–H and O–H groups in total. The van der Waals surface area contributed by atoms with Crippen LogP contribution in [0.3, 0.4) is 0 Å². The van der Waals surface area contributed by atoms with Gasteiger partial charge in [-0.25, -0.2) is 0 Å². The van der Waals surface area contributed by atoms with Crippen LogP contribution in [0.15, 0.2) is 0 Å². The van der Waals surface area contributed by atoms with E-state index in [1.54, 1.807) is 0 Å². The van der Waals surface area contributed by atoms with Crippen LogP contribution < -0.4 is 5.32 Å². The molecule has 54 valence electrons. The van der Waals surface area contributed by atoms with E-state index in [1.807, 2.05) is 0 Å². The van der Waals surface area contributed by atoms with Gasteiger partial charge in [0.1, 0.15) is 0 Å². The van der Waals surface area contributed by atoms with Gasteiger partial charge in [-0.05, 0) is 6.44 Å². The Hall–Kier alpha value is -0.995. The third-order valence-electron chi connectivity index (χ3n) is 0.706. The molecule has 0 bridgehead atoms. The summed E-state index contributed by atoms with van der Waals surface area (Å²) < 4.78 is 4.35. The highest BCUT2D eigenvalue weighted by atomic mass is 16.5. The van der Waals surface area contributed by atoms with E-state index in [2.05, 4.69) is 10.1 Å². The minimum atomic E-state index is -0.479. The molecule has 0 aromatic heterocycles. The fraction of sp³-hybridized carbons (Fsp3) is 0.600. The van der Waals surface area contributed by atoms with Crippen LogP contribution in [-0.2, 0) is 14.3 Å². The standard InChI is InChI=1S/C5H8BNO3/c1-4(8)10-2-5(9)7-3-6/h2-3H2,1H3,(H,7,9). The Morgan fingerprint density at radius 2 is 2.20 bits per heavy atom. The molecule has 4 nitrogen and oxygen atoms in total. The third-order valence-corrected chi connectivity index (χ3v) is 0.706. The van der Waals surface area contributed by atoms with E-state index in [9.17, 15) is 9.59 Å². The smallest absolute Gasteiger partial charge is 0.303 e. The van der Waals surface area contributed by atoms with Gasteiger partial charge in [0.05, 0.1) is 7.85 Å². The molecule has 0 atom stereocenters. The van der Waals surface area contributed by atoms with Crippen LogP contribution in [0, 0.1) is 0 Å². The molecule has 0 saturated carbocycles. The predicted octanol–water partition coefficient (Wildman–Crippen LogP) is -1.21. The van der Waals surface area contributed by atoms with Crippen LogP contribution in [0.4, 0.5) is 0 Å². The number of nitrogens with one attached hydrogen (secondary N) is 1. The molecule has 0 fully saturated rings. The van der Waals surface area contributed by atoms with E-state index < -0.39 is 11.9 Å². The fourth-order valence-corrected chi connectivity index (χ4v) is 0.332. The molecule has 0 aliphatic heterocycles. The van der Waals surface area contributed by atoms with Crippen LogP contribution in [0.5, 0.6) is 0 Å². The van der Waals surface area contributed by atoms with Gasteiger partial charge in [-0.15, -0.1) is 0 Å². The molecular weight excluding hydrogens is 133 g/mol. The Kier molecular flexibility index (Phi) is 4.36. The summed E-state index contributed by atoms with van der Waals surface area (Å²) in [5, 5.41) is 2.26. The number of esters is 1. The Labute approximate surface area is 60.3 Å². The van der Waals surface area contributed by atoms with Crippen LogP contribution in [0.25, 0.3) is 0 Å². The first kappa shape index (κ1) is 9.00. The zero-order chi connectivity index (χ0) is 7.98. The van der Waals surface area contributed by atoms with Gasteiger partial charge in [0.2, 0.25) is 0 Å². The van der Waals surface area contributed by atoms with E-state index in [-0.39, 0.29) is 13.1 Å². The van der Waals surface area contributed by atoms with Gasteiger partial charge in [0.25, 0.3) is 5.91 Å². The van der Waals surface area contributed by atoms with E-state index in [1.165, 1.54) is 6.92 Å². The Balaban J connectivity index is 3.30. The molecule has 1 amide bonds. The van der Waals surface area contributed by atoms with Gasteiger partial charge in [0, 0.05) is 6.92 Å². The van der Waals surface area contributed by atoms with Crippen LogP contribution in [0.2, 0.25) is 0 Å². The van der Waals surface area contributed by atoms with Gasteiger partial charge >= 0.3 is 5.97 Å². The fourth-order valence-electron chi connectivity index (χ4n) is 0.332. The highest BCUT2D eigenvalue weighted by molar-refractivity contribution is 6.10. The average Bonchev–Trinajstić information content (AvgIpc) is 1.85. The molecule has 10 heavy (non-hydrogen) atoms. The molecule has 0 saturated heterocycles. The molecule has 2 radical (unpaired) electrons. The van der Waals surface area contributed by atoms with E-state index in [0.717, 1.165) is 0 Å². The van der Waals surface area contributed by atoms with Crippen molar-refractivity contribution in [3.63, 3.8) is 0 Å². The summed E-state index contributed by atoms with van der Waals surface area (Å²) in [6, 6.07) is 0. The van der Waals surface area contributed by atoms with Crippen LogP contribution >= 0.6 is 0 Å². The summed E-state index contributed by atoms with van der Waals surface area (Å²) in [4.78, 5) is 20.6. The highest BCUT2D eigenvalue weighted by Crippen LogP contribution is 1.74. The maximum atomic E-state index is 10.5. The predicted molar refractivity (Wildman–Crippen MR) is 35.4 cm³/mol. The SMILES string of the molecule is [B]CNC(=O)COC(C)=O. The van der Waals surface area contributed by atoms with Crippen LogP contribution in [-0.4, -0.2) is 32.8 Å². The minimum absolute atomic E-state index is 0.0557. The molecule has 0 aromatic carbocycles. The zero-order valence-electron chi connectivity index (χ0n) is 5.72. The van der Waals surface area contributed by atoms with Crippen molar-refractivity contribution in [1.29, 1.82) is 0 Å². The maximum absolute atomic E-state index is 10.5. The summed E-state index contributed by atoms with van der Waals surface area (Å²) in [5.41, 5.74) is 0. The lowest BCUT2D eigenvalue weighted by atomic mass is 10.2. The molecule has 0 heterocycles. The molecule has 0 unspecified atom stereocenters. The summed E-state index contributed by atoms with van der Waals surface area (Å²) in [6.45, 7) is 0.974. The first-order valence-electron chi connectivity index (χ1n) is 2.77. The van der Waals surface area contributed by atoms with E-state index in [0.29, 0.717) is 0 Å². The molecule has 0 aliphatic rings. The number of rotatable bonds is 3. The topological polar surface area (TPSA) is 55.4 Å². The van der Waals surface area contributed by atoms with Crippen molar-refractivity contribution in [2.75, 3.05) is 13.1 Å². The normalized spacial score (nSPS) is 8.50. The summed E-state index contributed by atoms with van der Waals surface area (Å²) in [5.74, 6) is -0.870. The van der Waals surface area contributed by atoms with Crippen molar-refractivity contribution in [2.45, 2.75) is 6.92 Å². The minimum Gasteiger partial charge on any atom is -0.456 e. The van der Waals surface area contributed by atoms with Crippen molar-refractivity contribution in [3.05, 3.63) is 0 Å². The Morgan fingerprint density at radius 1 is 1.60 bits per heavy atom. The van der Waals surface area contributed by atoms with Crippen LogP contribution in [0.1, 0.15) is 6.92 Å². The lowest BCUT2D eigenvalue weighted by molar-refractivity contribution is -0.146. The largest absolute Gasteiger partial charge is 0.456 e. The van der Waals surface area contributed by atoms with Crippen molar-refractivity contribution in [2.24, 2.45) is 0 Å². The van der Waals surface area contributed by atoms with Crippen molar-refractivity contribution >= 4 is 19.7 Å². The Morgan fingerprint density at radius 3 is 2.60 bits per heavy atom. The molecule has 0 spiro atoms. The molecule has 0 aliphatic carbocycles. The quantitative estimate of drug-likeness (QED) is 0.396. The third kappa shape index (κ3) is 5.15. The summed E-state index contributed by atoms with van der Waals surface area (Å²) >= 11 is 0. The second-order valence-electron chi connectivity index (χ2n) is 1.58. The first-order valence-corrected chi connectivity index (χ1v) is 2.77. The van der Waals surface area contributed by atoms with Gasteiger partial charge in [0.15, 0.2) is 6.61 Å². The number of hydrogen-bond donors (Lipinski definition) is 1. The number of carbonyl (C=O) groups excluding carboxylic acids is 2. The maximum Gasteiger partial charge on any atom is 0.303 e. The van der Waals surface area contributed by atoms with Gasteiger partial charge in [-0.3, -0.25) is 9.59 Å². The molecule has 0 aromatic rings. The van der Waals surface area contributed by atoms with Crippen molar-refractivity contribution < 1.29 is 14.3 Å². The monoisotopic (exact) mass is 141 g/mol. The van der Waals surface area contributed by atoms with Crippen molar-refractivity contribution in [1.82, 2.24) is 5.32 Å². The lowest BCUT2D eigenvalue weighted by Crippen LogP contribution is -2.29. The molecular formula is C5H8BNO3. The number of amides is 1. The lowest BCUT2D eigenvalue weighted by Gasteiger charge is -2.00. The first-order chi connectivity index (χ1) is 4.66. The van der Waals surface area contributed by atoms with E-state index in [4.69, 9.17) is 7.85 Å². The second kappa shape index (κ2) is 4.84. The summed E-state index contributed by atoms with van der Waals surface area (Å²) in [6.07, 6.45) is 0.0557. The van der Waals surface area contributed by atoms with Gasteiger partial charge in [-0.2, -0.15) is 0 Å². The van der Waals surface area contributed by atoms with Gasteiger partial charge < -0.3 is 10.1 Å². The number of hydrogen-bond acceptors (Lipinski definition) is 3. The highest BCUT2D eigenvalue weighted by Gasteiger charge is 1.99. The second-order valence-corrected chi connectivity index (χ2v) is 1.58. The molecule has 0 rings (SSSR count). The number of carbonyl (C=O) groups is 2. The Bertz CT molecular complexity index is 137. The van der Waals surface area contributed by atoms with E-state index >= 15 is 0 Å².